The van der Waals surface area contributed by atoms with Crippen LogP contribution >= 0.6 is 0 Å². The number of hydrogen-bond acceptors (Lipinski definition) is 4. The quantitative estimate of drug-likeness (QED) is 0.779. The SMILES string of the molecule is NC(CO)c1cncn1CCc1ccco1. The van der Waals surface area contributed by atoms with E-state index in [1.54, 1.807) is 18.8 Å². The lowest BCUT2D eigenvalue weighted by molar-refractivity contribution is 0.263. The summed E-state index contributed by atoms with van der Waals surface area (Å²) < 4.78 is 7.18. The molecule has 2 rings (SSSR count). The largest absolute Gasteiger partial charge is 0.469 e. The lowest BCUT2D eigenvalue weighted by Crippen LogP contribution is -2.19. The van der Waals surface area contributed by atoms with E-state index in [0.29, 0.717) is 0 Å². The van der Waals surface area contributed by atoms with Crippen LogP contribution in [0.5, 0.6) is 0 Å². The van der Waals surface area contributed by atoms with E-state index in [-0.39, 0.29) is 12.6 Å². The van der Waals surface area contributed by atoms with Crippen LogP contribution in [0.25, 0.3) is 0 Å². The molecule has 0 fully saturated rings. The first-order chi connectivity index (χ1) is 7.81. The van der Waals surface area contributed by atoms with E-state index in [9.17, 15) is 0 Å². The Morgan fingerprint density at radius 1 is 1.56 bits per heavy atom. The van der Waals surface area contributed by atoms with Crippen molar-refractivity contribution in [1.29, 1.82) is 0 Å². The van der Waals surface area contributed by atoms with Crippen LogP contribution in [0.15, 0.2) is 35.3 Å². The van der Waals surface area contributed by atoms with Gasteiger partial charge in [0, 0.05) is 19.2 Å². The van der Waals surface area contributed by atoms with E-state index in [0.717, 1.165) is 24.4 Å². The van der Waals surface area contributed by atoms with Crippen LogP contribution < -0.4 is 5.73 Å². The van der Waals surface area contributed by atoms with Gasteiger partial charge in [-0.2, -0.15) is 0 Å². The summed E-state index contributed by atoms with van der Waals surface area (Å²) in [4.78, 5) is 4.03. The summed E-state index contributed by atoms with van der Waals surface area (Å²) >= 11 is 0. The van der Waals surface area contributed by atoms with Gasteiger partial charge >= 0.3 is 0 Å². The second kappa shape index (κ2) is 4.96. The van der Waals surface area contributed by atoms with E-state index < -0.39 is 0 Å². The number of aliphatic hydroxyl groups is 1. The number of aryl methyl sites for hydroxylation is 2. The molecule has 0 saturated carbocycles. The summed E-state index contributed by atoms with van der Waals surface area (Å²) in [5.41, 5.74) is 6.60. The van der Waals surface area contributed by atoms with Crippen molar-refractivity contribution in [2.75, 3.05) is 6.61 Å². The fraction of sp³-hybridized carbons (Fsp3) is 0.364. The number of imidazole rings is 1. The van der Waals surface area contributed by atoms with Crippen molar-refractivity contribution in [1.82, 2.24) is 9.55 Å². The first-order valence-electron chi connectivity index (χ1n) is 5.20. The molecule has 2 aromatic heterocycles. The summed E-state index contributed by atoms with van der Waals surface area (Å²) in [6.45, 7) is 0.670. The highest BCUT2D eigenvalue weighted by Crippen LogP contribution is 2.10. The highest BCUT2D eigenvalue weighted by Gasteiger charge is 2.10. The van der Waals surface area contributed by atoms with Gasteiger partial charge in [0.1, 0.15) is 5.76 Å². The van der Waals surface area contributed by atoms with Crippen LogP contribution in [0, 0.1) is 0 Å². The van der Waals surface area contributed by atoms with Gasteiger partial charge in [0.25, 0.3) is 0 Å². The van der Waals surface area contributed by atoms with Crippen LogP contribution in [0.1, 0.15) is 17.5 Å². The summed E-state index contributed by atoms with van der Waals surface area (Å²) in [6.07, 6.45) is 5.84. The van der Waals surface area contributed by atoms with E-state index in [2.05, 4.69) is 4.98 Å². The Morgan fingerprint density at radius 2 is 2.44 bits per heavy atom. The van der Waals surface area contributed by atoms with Crippen molar-refractivity contribution in [3.05, 3.63) is 42.4 Å². The van der Waals surface area contributed by atoms with Crippen molar-refractivity contribution in [2.45, 2.75) is 19.0 Å². The number of aliphatic hydroxyl groups excluding tert-OH is 1. The van der Waals surface area contributed by atoms with Gasteiger partial charge in [-0.1, -0.05) is 0 Å². The minimum atomic E-state index is -0.376. The monoisotopic (exact) mass is 221 g/mol. The van der Waals surface area contributed by atoms with Gasteiger partial charge in [0.15, 0.2) is 0 Å². The molecule has 3 N–H and O–H groups in total. The molecule has 0 aromatic carbocycles. The number of nitrogens with two attached hydrogens (primary N) is 1. The molecule has 0 aliphatic carbocycles. The van der Waals surface area contributed by atoms with Gasteiger partial charge in [0.2, 0.25) is 0 Å². The Hall–Kier alpha value is -1.59. The molecule has 0 saturated heterocycles. The lowest BCUT2D eigenvalue weighted by Gasteiger charge is -2.11. The number of nitrogens with zero attached hydrogens (tertiary/aromatic N) is 2. The fourth-order valence-electron chi connectivity index (χ4n) is 1.61. The fourth-order valence-corrected chi connectivity index (χ4v) is 1.61. The molecule has 0 bridgehead atoms. The molecule has 5 nitrogen and oxygen atoms in total. The second-order valence-electron chi connectivity index (χ2n) is 3.63. The van der Waals surface area contributed by atoms with E-state index in [1.807, 2.05) is 16.7 Å². The van der Waals surface area contributed by atoms with Crippen LogP contribution in [0.2, 0.25) is 0 Å². The summed E-state index contributed by atoms with van der Waals surface area (Å²) in [6, 6.07) is 3.42. The van der Waals surface area contributed by atoms with Crippen molar-refractivity contribution in [3.63, 3.8) is 0 Å². The summed E-state index contributed by atoms with van der Waals surface area (Å²) in [7, 11) is 0. The number of furan rings is 1. The third kappa shape index (κ3) is 2.32. The predicted molar refractivity (Wildman–Crippen MR) is 58.7 cm³/mol. The zero-order chi connectivity index (χ0) is 11.4. The molecule has 1 atom stereocenters. The maximum atomic E-state index is 9.00. The lowest BCUT2D eigenvalue weighted by atomic mass is 10.2. The van der Waals surface area contributed by atoms with Crippen molar-refractivity contribution >= 4 is 0 Å². The van der Waals surface area contributed by atoms with Gasteiger partial charge in [-0.05, 0) is 12.1 Å². The predicted octanol–water partition coefficient (Wildman–Crippen LogP) is 0.711. The topological polar surface area (TPSA) is 77.2 Å². The molecule has 86 valence electrons. The Morgan fingerprint density at radius 3 is 3.12 bits per heavy atom. The van der Waals surface area contributed by atoms with Crippen molar-refractivity contribution in [2.24, 2.45) is 5.73 Å². The highest BCUT2D eigenvalue weighted by molar-refractivity contribution is 5.05. The standard InChI is InChI=1S/C11H15N3O2/c12-10(7-15)11-6-13-8-14(11)4-3-9-2-1-5-16-9/h1-2,5-6,8,10,15H,3-4,7,12H2. The molecule has 0 aliphatic rings. The molecule has 2 aromatic rings. The molecule has 5 heteroatoms. The molecule has 0 aliphatic heterocycles. The molecule has 0 amide bonds. The molecule has 1 unspecified atom stereocenters. The molecular weight excluding hydrogens is 206 g/mol. The van der Waals surface area contributed by atoms with Crippen LogP contribution in [0.3, 0.4) is 0 Å². The first kappa shape index (κ1) is 10.9. The second-order valence-corrected chi connectivity index (χ2v) is 3.63. The zero-order valence-electron chi connectivity index (χ0n) is 8.91. The summed E-state index contributed by atoms with van der Waals surface area (Å²) in [5.74, 6) is 0.928. The Balaban J connectivity index is 2.01. The Bertz CT molecular complexity index is 422. The maximum absolute atomic E-state index is 9.00. The average molecular weight is 221 g/mol. The first-order valence-corrected chi connectivity index (χ1v) is 5.20. The van der Waals surface area contributed by atoms with Gasteiger partial charge < -0.3 is 19.8 Å². The smallest absolute Gasteiger partial charge is 0.105 e. The Labute approximate surface area is 93.5 Å². The average Bonchev–Trinajstić information content (AvgIpc) is 2.96. The van der Waals surface area contributed by atoms with Gasteiger partial charge in [-0.25, -0.2) is 4.98 Å². The van der Waals surface area contributed by atoms with E-state index in [1.165, 1.54) is 0 Å². The molecule has 0 spiro atoms. The highest BCUT2D eigenvalue weighted by atomic mass is 16.3. The number of rotatable bonds is 5. The van der Waals surface area contributed by atoms with Crippen molar-refractivity contribution in [3.8, 4) is 0 Å². The van der Waals surface area contributed by atoms with Crippen LogP contribution in [0.4, 0.5) is 0 Å². The van der Waals surface area contributed by atoms with Crippen LogP contribution in [-0.4, -0.2) is 21.3 Å². The van der Waals surface area contributed by atoms with Crippen LogP contribution in [-0.2, 0) is 13.0 Å². The molecule has 0 radical (unpaired) electrons. The molecular formula is C11H15N3O2. The minimum absolute atomic E-state index is 0.0769. The van der Waals surface area contributed by atoms with E-state index >= 15 is 0 Å². The molecule has 2 heterocycles. The van der Waals surface area contributed by atoms with Gasteiger partial charge in [0.05, 0.1) is 30.9 Å². The third-order valence-corrected chi connectivity index (χ3v) is 2.50. The zero-order valence-corrected chi connectivity index (χ0v) is 8.91. The van der Waals surface area contributed by atoms with Gasteiger partial charge in [-0.15, -0.1) is 0 Å². The number of hydrogen-bond donors (Lipinski definition) is 2. The maximum Gasteiger partial charge on any atom is 0.105 e. The molecule has 16 heavy (non-hydrogen) atoms. The summed E-state index contributed by atoms with van der Waals surface area (Å²) in [5, 5.41) is 9.00. The van der Waals surface area contributed by atoms with E-state index in [4.69, 9.17) is 15.3 Å². The van der Waals surface area contributed by atoms with Gasteiger partial charge in [-0.3, -0.25) is 0 Å². The normalized spacial score (nSPS) is 12.9. The minimum Gasteiger partial charge on any atom is -0.469 e. The van der Waals surface area contributed by atoms with Crippen molar-refractivity contribution < 1.29 is 9.52 Å². The third-order valence-electron chi connectivity index (χ3n) is 2.50. The Kier molecular flexibility index (Phi) is 3.38. The number of aromatic nitrogens is 2.